The molecule has 0 radical (unpaired) electrons. The molecular formula is C19H17FN4O2. The van der Waals surface area contributed by atoms with Crippen molar-refractivity contribution in [1.29, 1.82) is 0 Å². The molecule has 2 aromatic rings. The van der Waals surface area contributed by atoms with Crippen molar-refractivity contribution in [3.05, 3.63) is 59.2 Å². The predicted octanol–water partition coefficient (Wildman–Crippen LogP) is 3.42. The lowest BCUT2D eigenvalue weighted by molar-refractivity contribution is -0.116. The van der Waals surface area contributed by atoms with E-state index in [0.29, 0.717) is 11.5 Å². The van der Waals surface area contributed by atoms with Gasteiger partial charge in [-0.1, -0.05) is 12.1 Å². The Balaban J connectivity index is 1.72. The minimum atomic E-state index is -0.664. The average Bonchev–Trinajstić information content (AvgIpc) is 3.46. The van der Waals surface area contributed by atoms with E-state index < -0.39 is 17.8 Å². The third-order valence-corrected chi connectivity index (χ3v) is 4.51. The van der Waals surface area contributed by atoms with Crippen molar-refractivity contribution in [3.63, 3.8) is 0 Å². The number of hydrogen-bond acceptors (Lipinski definition) is 4. The fourth-order valence-electron chi connectivity index (χ4n) is 3.11. The SMILES string of the molecule is CC(=O)N1C(=O)N(N=Cc2cccnc2)Cc2cc(C3CC3)cc(F)c21. The van der Waals surface area contributed by atoms with Gasteiger partial charge in [0.2, 0.25) is 5.91 Å². The highest BCUT2D eigenvalue weighted by Gasteiger charge is 2.37. The Labute approximate surface area is 149 Å². The summed E-state index contributed by atoms with van der Waals surface area (Å²) in [4.78, 5) is 29.5. The van der Waals surface area contributed by atoms with Crippen LogP contribution in [0.4, 0.5) is 14.9 Å². The first-order valence-electron chi connectivity index (χ1n) is 8.43. The largest absolute Gasteiger partial charge is 0.352 e. The molecular weight excluding hydrogens is 335 g/mol. The standard InChI is InChI=1S/C19H17FN4O2/c1-12(25)24-18-16(7-15(8-17(18)20)14-4-5-14)11-23(19(24)26)22-10-13-3-2-6-21-9-13/h2-3,6-10,14H,4-5,11H2,1H3. The van der Waals surface area contributed by atoms with Crippen molar-refractivity contribution in [1.82, 2.24) is 9.99 Å². The van der Waals surface area contributed by atoms with Gasteiger partial charge in [0.15, 0.2) is 0 Å². The smallest absolute Gasteiger partial charge is 0.274 e. The van der Waals surface area contributed by atoms with E-state index in [2.05, 4.69) is 10.1 Å². The number of imide groups is 1. The van der Waals surface area contributed by atoms with Gasteiger partial charge in [-0.2, -0.15) is 5.10 Å². The molecule has 1 aliphatic heterocycles. The summed E-state index contributed by atoms with van der Waals surface area (Å²) < 4.78 is 14.7. The lowest BCUT2D eigenvalue weighted by Gasteiger charge is -2.33. The van der Waals surface area contributed by atoms with Gasteiger partial charge in [-0.05, 0) is 36.5 Å². The van der Waals surface area contributed by atoms with Crippen LogP contribution in [-0.2, 0) is 11.3 Å². The summed E-state index contributed by atoms with van der Waals surface area (Å²) in [7, 11) is 0. The number of hydrazone groups is 1. The molecule has 1 fully saturated rings. The molecule has 2 heterocycles. The number of carbonyl (C=O) groups excluding carboxylic acids is 2. The second-order valence-electron chi connectivity index (χ2n) is 6.51. The minimum absolute atomic E-state index is 0.0414. The summed E-state index contributed by atoms with van der Waals surface area (Å²) >= 11 is 0. The van der Waals surface area contributed by atoms with Crippen molar-refractivity contribution < 1.29 is 14.0 Å². The number of rotatable bonds is 3. The zero-order chi connectivity index (χ0) is 18.3. The number of hydrogen-bond donors (Lipinski definition) is 0. The van der Waals surface area contributed by atoms with Crippen LogP contribution in [0.1, 0.15) is 42.4 Å². The Morgan fingerprint density at radius 1 is 1.38 bits per heavy atom. The highest BCUT2D eigenvalue weighted by atomic mass is 19.1. The van der Waals surface area contributed by atoms with E-state index in [1.54, 1.807) is 24.5 Å². The second-order valence-corrected chi connectivity index (χ2v) is 6.51. The Bertz CT molecular complexity index is 909. The molecule has 1 aromatic heterocycles. The van der Waals surface area contributed by atoms with Gasteiger partial charge in [0, 0.05) is 30.4 Å². The number of benzene rings is 1. The maximum Gasteiger partial charge on any atom is 0.352 e. The number of fused-ring (bicyclic) bond motifs is 1. The molecule has 0 atom stereocenters. The Morgan fingerprint density at radius 2 is 2.19 bits per heavy atom. The summed E-state index contributed by atoms with van der Waals surface area (Å²) in [6.07, 6.45) is 6.82. The first-order chi connectivity index (χ1) is 12.5. The molecule has 1 saturated carbocycles. The summed E-state index contributed by atoms with van der Waals surface area (Å²) in [6.45, 7) is 1.36. The molecule has 0 bridgehead atoms. The number of halogens is 1. The van der Waals surface area contributed by atoms with Crippen LogP contribution in [0.25, 0.3) is 0 Å². The van der Waals surface area contributed by atoms with E-state index in [4.69, 9.17) is 0 Å². The first-order valence-corrected chi connectivity index (χ1v) is 8.43. The number of anilines is 1. The van der Waals surface area contributed by atoms with Crippen molar-refractivity contribution in [2.75, 3.05) is 4.90 Å². The number of urea groups is 1. The molecule has 1 aromatic carbocycles. The lowest BCUT2D eigenvalue weighted by Crippen LogP contribution is -2.47. The molecule has 26 heavy (non-hydrogen) atoms. The molecule has 0 N–H and O–H groups in total. The van der Waals surface area contributed by atoms with Gasteiger partial charge in [0.05, 0.1) is 18.4 Å². The first kappa shape index (κ1) is 16.4. The molecule has 0 spiro atoms. The van der Waals surface area contributed by atoms with E-state index in [-0.39, 0.29) is 12.2 Å². The van der Waals surface area contributed by atoms with Crippen LogP contribution in [0.5, 0.6) is 0 Å². The molecule has 0 saturated heterocycles. The molecule has 1 aliphatic carbocycles. The zero-order valence-electron chi connectivity index (χ0n) is 14.2. The molecule has 3 amide bonds. The Morgan fingerprint density at radius 3 is 2.85 bits per heavy atom. The van der Waals surface area contributed by atoms with Gasteiger partial charge in [0.25, 0.3) is 0 Å². The van der Waals surface area contributed by atoms with Gasteiger partial charge in [0.1, 0.15) is 5.82 Å². The lowest BCUT2D eigenvalue weighted by atomic mass is 10.0. The molecule has 6 nitrogen and oxygen atoms in total. The maximum atomic E-state index is 14.7. The monoisotopic (exact) mass is 352 g/mol. The van der Waals surface area contributed by atoms with E-state index in [1.807, 2.05) is 6.07 Å². The third kappa shape index (κ3) is 2.96. The average molecular weight is 352 g/mol. The zero-order valence-corrected chi connectivity index (χ0v) is 14.2. The Kier molecular flexibility index (Phi) is 3.99. The van der Waals surface area contributed by atoms with Crippen LogP contribution < -0.4 is 4.90 Å². The van der Waals surface area contributed by atoms with Gasteiger partial charge in [-0.3, -0.25) is 9.78 Å². The summed E-state index contributed by atoms with van der Waals surface area (Å²) in [6, 6.07) is 6.21. The minimum Gasteiger partial charge on any atom is -0.274 e. The van der Waals surface area contributed by atoms with Crippen LogP contribution >= 0.6 is 0 Å². The van der Waals surface area contributed by atoms with E-state index in [0.717, 1.165) is 28.9 Å². The van der Waals surface area contributed by atoms with E-state index in [1.165, 1.54) is 24.2 Å². The van der Waals surface area contributed by atoms with Crippen molar-refractivity contribution in [2.24, 2.45) is 5.10 Å². The molecule has 132 valence electrons. The quantitative estimate of drug-likeness (QED) is 0.795. The molecule has 0 unspecified atom stereocenters. The van der Waals surface area contributed by atoms with Crippen molar-refractivity contribution >= 4 is 23.8 Å². The second kappa shape index (κ2) is 6.33. The fraction of sp³-hybridized carbons (Fsp3) is 0.263. The van der Waals surface area contributed by atoms with Gasteiger partial charge in [-0.15, -0.1) is 0 Å². The topological polar surface area (TPSA) is 65.9 Å². The van der Waals surface area contributed by atoms with Crippen LogP contribution in [0.3, 0.4) is 0 Å². The third-order valence-electron chi connectivity index (χ3n) is 4.51. The van der Waals surface area contributed by atoms with Gasteiger partial charge in [-0.25, -0.2) is 19.1 Å². The van der Waals surface area contributed by atoms with Crippen LogP contribution in [0.2, 0.25) is 0 Å². The van der Waals surface area contributed by atoms with Crippen LogP contribution in [0, 0.1) is 5.82 Å². The predicted molar refractivity (Wildman–Crippen MR) is 94.3 cm³/mol. The number of carbonyl (C=O) groups is 2. The van der Waals surface area contributed by atoms with Crippen molar-refractivity contribution in [2.45, 2.75) is 32.2 Å². The van der Waals surface area contributed by atoms with Crippen LogP contribution in [-0.4, -0.2) is 28.1 Å². The molecule has 4 rings (SSSR count). The maximum absolute atomic E-state index is 14.7. The van der Waals surface area contributed by atoms with E-state index in [9.17, 15) is 14.0 Å². The van der Waals surface area contributed by atoms with E-state index >= 15 is 0 Å². The Hall–Kier alpha value is -3.09. The summed E-state index contributed by atoms with van der Waals surface area (Å²) in [5.74, 6) is -0.718. The normalized spacial score (nSPS) is 16.9. The summed E-state index contributed by atoms with van der Waals surface area (Å²) in [5, 5.41) is 5.36. The highest BCUT2D eigenvalue weighted by molar-refractivity contribution is 6.15. The number of nitrogens with zero attached hydrogens (tertiary/aromatic N) is 4. The number of aromatic nitrogens is 1. The highest BCUT2D eigenvalue weighted by Crippen LogP contribution is 2.43. The molecule has 2 aliphatic rings. The summed E-state index contributed by atoms with van der Waals surface area (Å²) in [5.41, 5.74) is 2.26. The van der Waals surface area contributed by atoms with Gasteiger partial charge >= 0.3 is 6.03 Å². The number of pyridine rings is 1. The molecule has 7 heteroatoms. The van der Waals surface area contributed by atoms with Crippen molar-refractivity contribution in [3.8, 4) is 0 Å². The number of amides is 3. The fourth-order valence-corrected chi connectivity index (χ4v) is 3.11. The van der Waals surface area contributed by atoms with Crippen LogP contribution in [0.15, 0.2) is 41.8 Å². The van der Waals surface area contributed by atoms with Gasteiger partial charge < -0.3 is 0 Å².